The van der Waals surface area contributed by atoms with Crippen LogP contribution >= 0.6 is 12.4 Å². The number of benzene rings is 1. The van der Waals surface area contributed by atoms with E-state index in [9.17, 15) is 0 Å². The molecule has 0 radical (unpaired) electrons. The largest absolute Gasteiger partial charge is 0.317 e. The van der Waals surface area contributed by atoms with Crippen molar-refractivity contribution in [2.75, 3.05) is 13.1 Å². The van der Waals surface area contributed by atoms with E-state index in [-0.39, 0.29) is 12.4 Å². The molecule has 1 aliphatic heterocycles. The van der Waals surface area contributed by atoms with E-state index in [1.165, 1.54) is 23.9 Å². The van der Waals surface area contributed by atoms with Crippen LogP contribution in [0.3, 0.4) is 0 Å². The predicted molar refractivity (Wildman–Crippen MR) is 73.8 cm³/mol. The van der Waals surface area contributed by atoms with E-state index in [4.69, 9.17) is 4.98 Å². The van der Waals surface area contributed by atoms with Gasteiger partial charge in [0.2, 0.25) is 0 Å². The molecule has 1 N–H and O–H groups in total. The second kappa shape index (κ2) is 5.48. The average molecular weight is 249 g/mol. The molecule has 1 saturated heterocycles. The molecule has 3 heteroatoms. The Bertz CT molecular complexity index is 492. The standard InChI is InChI=1S/C14H16N2.ClH/c1-2-4-13-11(3-1)5-6-14(16-13)12-7-9-15-10-8-12;/h1-6,12,15H,7-10H2;1H. The third kappa shape index (κ3) is 2.59. The Hall–Kier alpha value is -1.12. The van der Waals surface area contributed by atoms with Gasteiger partial charge in [-0.2, -0.15) is 0 Å². The van der Waals surface area contributed by atoms with Crippen LogP contribution in [-0.2, 0) is 0 Å². The lowest BCUT2D eigenvalue weighted by atomic mass is 9.94. The van der Waals surface area contributed by atoms with E-state index in [2.05, 4.69) is 41.7 Å². The van der Waals surface area contributed by atoms with Gasteiger partial charge in [-0.15, -0.1) is 12.4 Å². The summed E-state index contributed by atoms with van der Waals surface area (Å²) in [6.45, 7) is 2.25. The van der Waals surface area contributed by atoms with Crippen LogP contribution in [-0.4, -0.2) is 18.1 Å². The summed E-state index contributed by atoms with van der Waals surface area (Å²) in [5.41, 5.74) is 2.39. The number of nitrogens with one attached hydrogen (secondary N) is 1. The Morgan fingerprint density at radius 2 is 1.76 bits per heavy atom. The number of aromatic nitrogens is 1. The van der Waals surface area contributed by atoms with Crippen molar-refractivity contribution < 1.29 is 0 Å². The normalized spacial score (nSPS) is 16.7. The molecule has 0 spiro atoms. The van der Waals surface area contributed by atoms with Gasteiger partial charge in [-0.05, 0) is 38.1 Å². The zero-order chi connectivity index (χ0) is 10.8. The van der Waals surface area contributed by atoms with Crippen molar-refractivity contribution in [1.29, 1.82) is 0 Å². The third-order valence-corrected chi connectivity index (χ3v) is 3.38. The minimum atomic E-state index is 0. The van der Waals surface area contributed by atoms with E-state index in [1.807, 2.05) is 0 Å². The molecule has 1 aliphatic rings. The van der Waals surface area contributed by atoms with Crippen LogP contribution in [0.2, 0.25) is 0 Å². The van der Waals surface area contributed by atoms with Crippen LogP contribution in [0.15, 0.2) is 36.4 Å². The first-order chi connectivity index (χ1) is 7.93. The summed E-state index contributed by atoms with van der Waals surface area (Å²) in [6, 6.07) is 12.7. The van der Waals surface area contributed by atoms with Crippen molar-refractivity contribution in [1.82, 2.24) is 10.3 Å². The molecule has 0 saturated carbocycles. The predicted octanol–water partition coefficient (Wildman–Crippen LogP) is 3.12. The zero-order valence-corrected chi connectivity index (χ0v) is 10.5. The average Bonchev–Trinajstić information content (AvgIpc) is 2.39. The van der Waals surface area contributed by atoms with Crippen LogP contribution in [0.5, 0.6) is 0 Å². The second-order valence-corrected chi connectivity index (χ2v) is 4.45. The molecule has 0 amide bonds. The van der Waals surface area contributed by atoms with Gasteiger partial charge in [-0.1, -0.05) is 24.3 Å². The summed E-state index contributed by atoms with van der Waals surface area (Å²) in [5, 5.41) is 4.63. The number of hydrogen-bond acceptors (Lipinski definition) is 2. The van der Waals surface area contributed by atoms with Crippen LogP contribution < -0.4 is 5.32 Å². The quantitative estimate of drug-likeness (QED) is 0.839. The SMILES string of the molecule is Cl.c1ccc2nc(C3CCNCC3)ccc2c1. The van der Waals surface area contributed by atoms with Crippen LogP contribution in [0, 0.1) is 0 Å². The molecule has 1 fully saturated rings. The van der Waals surface area contributed by atoms with Crippen molar-refractivity contribution in [3.8, 4) is 0 Å². The van der Waals surface area contributed by atoms with Gasteiger partial charge in [0, 0.05) is 17.0 Å². The number of para-hydroxylation sites is 1. The Labute approximate surface area is 108 Å². The summed E-state index contributed by atoms with van der Waals surface area (Å²) in [4.78, 5) is 4.77. The molecular formula is C14H17ClN2. The molecule has 0 bridgehead atoms. The lowest BCUT2D eigenvalue weighted by Gasteiger charge is -2.22. The molecule has 0 unspecified atom stereocenters. The zero-order valence-electron chi connectivity index (χ0n) is 9.73. The smallest absolute Gasteiger partial charge is 0.0705 e. The molecule has 0 aliphatic carbocycles. The highest BCUT2D eigenvalue weighted by Gasteiger charge is 2.16. The second-order valence-electron chi connectivity index (χ2n) is 4.45. The fourth-order valence-electron chi connectivity index (χ4n) is 2.43. The highest BCUT2D eigenvalue weighted by Crippen LogP contribution is 2.25. The van der Waals surface area contributed by atoms with E-state index in [1.54, 1.807) is 0 Å². The number of pyridine rings is 1. The van der Waals surface area contributed by atoms with E-state index < -0.39 is 0 Å². The number of fused-ring (bicyclic) bond motifs is 1. The first-order valence-electron chi connectivity index (χ1n) is 6.00. The van der Waals surface area contributed by atoms with Crippen molar-refractivity contribution in [3.05, 3.63) is 42.1 Å². The number of hydrogen-bond donors (Lipinski definition) is 1. The van der Waals surface area contributed by atoms with E-state index in [0.717, 1.165) is 18.6 Å². The highest BCUT2D eigenvalue weighted by atomic mass is 35.5. The lowest BCUT2D eigenvalue weighted by Crippen LogP contribution is -2.27. The van der Waals surface area contributed by atoms with Crippen molar-refractivity contribution in [3.63, 3.8) is 0 Å². The highest BCUT2D eigenvalue weighted by molar-refractivity contribution is 5.85. The summed E-state index contributed by atoms with van der Waals surface area (Å²) < 4.78 is 0. The maximum absolute atomic E-state index is 4.77. The van der Waals surface area contributed by atoms with Gasteiger partial charge in [0.1, 0.15) is 0 Å². The topological polar surface area (TPSA) is 24.9 Å². The van der Waals surface area contributed by atoms with Gasteiger partial charge in [0.05, 0.1) is 5.52 Å². The van der Waals surface area contributed by atoms with Gasteiger partial charge in [0.15, 0.2) is 0 Å². The molecule has 2 heterocycles. The van der Waals surface area contributed by atoms with Crippen molar-refractivity contribution in [2.24, 2.45) is 0 Å². The summed E-state index contributed by atoms with van der Waals surface area (Å²) in [6.07, 6.45) is 2.43. The lowest BCUT2D eigenvalue weighted by molar-refractivity contribution is 0.454. The Morgan fingerprint density at radius 1 is 1.00 bits per heavy atom. The van der Waals surface area contributed by atoms with Gasteiger partial charge >= 0.3 is 0 Å². The summed E-state index contributed by atoms with van der Waals surface area (Å²) in [5.74, 6) is 0.644. The van der Waals surface area contributed by atoms with Crippen molar-refractivity contribution >= 4 is 23.3 Å². The van der Waals surface area contributed by atoms with Gasteiger partial charge in [-0.25, -0.2) is 0 Å². The fraction of sp³-hybridized carbons (Fsp3) is 0.357. The van der Waals surface area contributed by atoms with E-state index in [0.29, 0.717) is 5.92 Å². The third-order valence-electron chi connectivity index (χ3n) is 3.38. The summed E-state index contributed by atoms with van der Waals surface area (Å²) in [7, 11) is 0. The van der Waals surface area contributed by atoms with Crippen LogP contribution in [0.4, 0.5) is 0 Å². The van der Waals surface area contributed by atoms with Crippen LogP contribution in [0.25, 0.3) is 10.9 Å². The van der Waals surface area contributed by atoms with Crippen LogP contribution in [0.1, 0.15) is 24.5 Å². The molecule has 3 rings (SSSR count). The minimum absolute atomic E-state index is 0. The fourth-order valence-corrected chi connectivity index (χ4v) is 2.43. The first-order valence-corrected chi connectivity index (χ1v) is 6.00. The molecular weight excluding hydrogens is 232 g/mol. The number of nitrogens with zero attached hydrogens (tertiary/aromatic N) is 1. The van der Waals surface area contributed by atoms with Gasteiger partial charge in [-0.3, -0.25) is 4.98 Å². The Kier molecular flexibility index (Phi) is 3.97. The first kappa shape index (κ1) is 12.3. The molecule has 17 heavy (non-hydrogen) atoms. The Morgan fingerprint density at radius 3 is 2.59 bits per heavy atom. The molecule has 2 nitrogen and oxygen atoms in total. The molecule has 1 aromatic heterocycles. The monoisotopic (exact) mass is 248 g/mol. The van der Waals surface area contributed by atoms with Crippen molar-refractivity contribution in [2.45, 2.75) is 18.8 Å². The van der Waals surface area contributed by atoms with Gasteiger partial charge in [0.25, 0.3) is 0 Å². The molecule has 0 atom stereocenters. The molecule has 1 aromatic carbocycles. The Balaban J connectivity index is 0.00000108. The minimum Gasteiger partial charge on any atom is -0.317 e. The summed E-state index contributed by atoms with van der Waals surface area (Å²) >= 11 is 0. The molecule has 2 aromatic rings. The molecule has 90 valence electrons. The number of halogens is 1. The van der Waals surface area contributed by atoms with E-state index >= 15 is 0 Å². The number of rotatable bonds is 1. The number of piperidine rings is 1. The maximum atomic E-state index is 4.77. The van der Waals surface area contributed by atoms with Gasteiger partial charge < -0.3 is 5.32 Å². The maximum Gasteiger partial charge on any atom is 0.0705 e.